The lowest BCUT2D eigenvalue weighted by atomic mass is 10.1. The Morgan fingerprint density at radius 3 is 2.69 bits per heavy atom. The van der Waals surface area contributed by atoms with Crippen molar-refractivity contribution in [1.82, 2.24) is 10.6 Å². The molecule has 148 valence electrons. The summed E-state index contributed by atoms with van der Waals surface area (Å²) >= 11 is 1.15. The van der Waals surface area contributed by atoms with Crippen molar-refractivity contribution in [1.29, 1.82) is 0 Å². The third kappa shape index (κ3) is 4.29. The molecule has 0 spiro atoms. The van der Waals surface area contributed by atoms with E-state index in [9.17, 15) is 14.4 Å². The van der Waals surface area contributed by atoms with E-state index in [2.05, 4.69) is 10.6 Å². The van der Waals surface area contributed by atoms with E-state index < -0.39 is 23.4 Å². The molecule has 2 aromatic rings. The number of ether oxygens (including phenoxy) is 2. The lowest BCUT2D eigenvalue weighted by molar-refractivity contribution is -0.134. The van der Waals surface area contributed by atoms with Crippen LogP contribution < -0.4 is 20.1 Å². The van der Waals surface area contributed by atoms with Crippen molar-refractivity contribution < 1.29 is 23.9 Å². The van der Waals surface area contributed by atoms with Gasteiger partial charge in [0, 0.05) is 6.42 Å². The van der Waals surface area contributed by atoms with Crippen molar-refractivity contribution in [3.8, 4) is 11.5 Å². The Kier molecular flexibility index (Phi) is 5.55. The second kappa shape index (κ2) is 8.43. The fourth-order valence-corrected chi connectivity index (χ4v) is 4.21. The SMILES string of the molecule is O=C=C(S[C@H]1NC(=O)[C@H]1NC(=O)COc1ccccc1)C1Cc2ccccc2O1. The Hall–Kier alpha value is -3.22. The van der Waals surface area contributed by atoms with Crippen LogP contribution >= 0.6 is 11.8 Å². The van der Waals surface area contributed by atoms with Gasteiger partial charge in [-0.15, -0.1) is 0 Å². The number of hydrogen-bond acceptors (Lipinski definition) is 6. The van der Waals surface area contributed by atoms with Crippen LogP contribution in [0.1, 0.15) is 5.56 Å². The van der Waals surface area contributed by atoms with Crippen molar-refractivity contribution in [2.45, 2.75) is 23.9 Å². The molecule has 0 radical (unpaired) electrons. The molecule has 4 rings (SSSR count). The van der Waals surface area contributed by atoms with Gasteiger partial charge in [0.1, 0.15) is 39.9 Å². The van der Waals surface area contributed by atoms with Gasteiger partial charge in [0.2, 0.25) is 5.91 Å². The van der Waals surface area contributed by atoms with E-state index in [0.717, 1.165) is 23.1 Å². The maximum absolute atomic E-state index is 12.1. The Bertz CT molecular complexity index is 949. The zero-order valence-corrected chi connectivity index (χ0v) is 16.1. The van der Waals surface area contributed by atoms with Crippen molar-refractivity contribution in [2.75, 3.05) is 6.61 Å². The van der Waals surface area contributed by atoms with Crippen LogP contribution in [0.25, 0.3) is 0 Å². The number of carbonyl (C=O) groups excluding carboxylic acids is 3. The highest BCUT2D eigenvalue weighted by atomic mass is 32.2. The molecule has 2 aliphatic rings. The molecular formula is C21H18N2O5S. The summed E-state index contributed by atoms with van der Waals surface area (Å²) in [6.07, 6.45) is 0.126. The summed E-state index contributed by atoms with van der Waals surface area (Å²) in [4.78, 5) is 35.9. The number of carbonyl (C=O) groups is 2. The maximum Gasteiger partial charge on any atom is 0.258 e. The first-order valence-corrected chi connectivity index (χ1v) is 9.96. The van der Waals surface area contributed by atoms with Crippen LogP contribution in [0.15, 0.2) is 59.5 Å². The second-order valence-corrected chi connectivity index (χ2v) is 7.76. The van der Waals surface area contributed by atoms with Crippen LogP contribution in [-0.2, 0) is 20.8 Å². The minimum Gasteiger partial charge on any atom is -0.484 e. The van der Waals surface area contributed by atoms with Crippen molar-refractivity contribution in [3.05, 3.63) is 65.1 Å². The second-order valence-electron chi connectivity index (χ2n) is 6.58. The lowest BCUT2D eigenvalue weighted by Gasteiger charge is -2.36. The Labute approximate surface area is 171 Å². The smallest absolute Gasteiger partial charge is 0.258 e. The summed E-state index contributed by atoms with van der Waals surface area (Å²) in [5, 5.41) is 4.87. The number of nitrogens with one attached hydrogen (secondary N) is 2. The predicted octanol–water partition coefficient (Wildman–Crippen LogP) is 1.46. The summed E-state index contributed by atoms with van der Waals surface area (Å²) in [5.41, 5.74) is 1.02. The Balaban J connectivity index is 1.31. The number of hydrogen-bond donors (Lipinski definition) is 2. The normalized spacial score (nSPS) is 21.7. The van der Waals surface area contributed by atoms with Gasteiger partial charge in [-0.05, 0) is 23.8 Å². The summed E-state index contributed by atoms with van der Waals surface area (Å²) in [6, 6.07) is 15.8. The van der Waals surface area contributed by atoms with Crippen LogP contribution in [0.4, 0.5) is 0 Å². The van der Waals surface area contributed by atoms with Crippen LogP contribution in [0.2, 0.25) is 0 Å². The molecule has 2 aliphatic heterocycles. The van der Waals surface area contributed by atoms with Gasteiger partial charge in [0.15, 0.2) is 6.61 Å². The number of thioether (sulfide) groups is 1. The summed E-state index contributed by atoms with van der Waals surface area (Å²) in [5.74, 6) is 2.51. The van der Waals surface area contributed by atoms with E-state index in [4.69, 9.17) is 9.47 Å². The van der Waals surface area contributed by atoms with Gasteiger partial charge in [-0.25, -0.2) is 4.79 Å². The number of rotatable bonds is 7. The highest BCUT2D eigenvalue weighted by Gasteiger charge is 2.43. The van der Waals surface area contributed by atoms with Gasteiger partial charge in [0.25, 0.3) is 5.91 Å². The molecule has 1 unspecified atom stereocenters. The van der Waals surface area contributed by atoms with Crippen molar-refractivity contribution >= 4 is 29.5 Å². The average Bonchev–Trinajstić information content (AvgIpc) is 3.18. The van der Waals surface area contributed by atoms with Gasteiger partial charge >= 0.3 is 0 Å². The van der Waals surface area contributed by atoms with Crippen molar-refractivity contribution in [3.63, 3.8) is 0 Å². The molecule has 2 amide bonds. The van der Waals surface area contributed by atoms with Crippen LogP contribution in [0.3, 0.4) is 0 Å². The first-order valence-electron chi connectivity index (χ1n) is 9.08. The zero-order valence-electron chi connectivity index (χ0n) is 15.3. The topological polar surface area (TPSA) is 93.7 Å². The van der Waals surface area contributed by atoms with E-state index in [1.54, 1.807) is 24.3 Å². The fourth-order valence-electron chi connectivity index (χ4n) is 3.10. The molecule has 0 aromatic heterocycles. The van der Waals surface area contributed by atoms with Crippen LogP contribution in [0, 0.1) is 0 Å². The summed E-state index contributed by atoms with van der Waals surface area (Å²) in [7, 11) is 0. The molecule has 1 fully saturated rings. The number of para-hydroxylation sites is 2. The minimum atomic E-state index is -0.751. The monoisotopic (exact) mass is 410 g/mol. The van der Waals surface area contributed by atoms with E-state index in [-0.39, 0.29) is 12.5 Å². The molecule has 0 saturated carbocycles. The molecule has 2 aromatic carbocycles. The number of amides is 2. The highest BCUT2D eigenvalue weighted by Crippen LogP contribution is 2.36. The summed E-state index contributed by atoms with van der Waals surface area (Å²) < 4.78 is 11.2. The largest absolute Gasteiger partial charge is 0.484 e. The molecule has 1 saturated heterocycles. The molecule has 7 nitrogen and oxygen atoms in total. The predicted molar refractivity (Wildman–Crippen MR) is 107 cm³/mol. The van der Waals surface area contributed by atoms with Gasteiger partial charge in [0.05, 0.1) is 0 Å². The van der Waals surface area contributed by atoms with E-state index >= 15 is 0 Å². The molecule has 3 atom stereocenters. The third-order valence-electron chi connectivity index (χ3n) is 4.59. The Morgan fingerprint density at radius 1 is 1.21 bits per heavy atom. The molecule has 2 N–H and O–H groups in total. The Morgan fingerprint density at radius 2 is 1.97 bits per heavy atom. The number of benzene rings is 2. The average molecular weight is 410 g/mol. The molecule has 2 heterocycles. The van der Waals surface area contributed by atoms with E-state index in [0.29, 0.717) is 17.1 Å². The fraction of sp³-hybridized carbons (Fsp3) is 0.238. The van der Waals surface area contributed by atoms with Crippen molar-refractivity contribution in [2.24, 2.45) is 0 Å². The van der Waals surface area contributed by atoms with Gasteiger partial charge in [-0.2, -0.15) is 0 Å². The number of fused-ring (bicyclic) bond motifs is 1. The molecule has 8 heteroatoms. The maximum atomic E-state index is 12.1. The van der Waals surface area contributed by atoms with Crippen LogP contribution in [0.5, 0.6) is 11.5 Å². The van der Waals surface area contributed by atoms with Gasteiger partial charge in [-0.1, -0.05) is 48.2 Å². The first-order chi connectivity index (χ1) is 14.1. The molecular weight excluding hydrogens is 392 g/mol. The minimum absolute atomic E-state index is 0.206. The molecule has 0 bridgehead atoms. The summed E-state index contributed by atoms with van der Waals surface area (Å²) in [6.45, 7) is -0.206. The van der Waals surface area contributed by atoms with E-state index in [1.807, 2.05) is 36.3 Å². The quantitative estimate of drug-likeness (QED) is 0.530. The first kappa shape index (κ1) is 19.1. The van der Waals surface area contributed by atoms with Gasteiger partial charge in [-0.3, -0.25) is 9.59 Å². The third-order valence-corrected chi connectivity index (χ3v) is 5.84. The van der Waals surface area contributed by atoms with Crippen LogP contribution in [-0.4, -0.2) is 41.9 Å². The highest BCUT2D eigenvalue weighted by molar-refractivity contribution is 8.04. The standard InChI is InChI=1S/C21H18N2O5S/c24-11-17(16-10-13-6-4-5-9-15(13)28-16)29-21-19(20(26)23-21)22-18(25)12-27-14-7-2-1-3-8-14/h1-9,16,19,21H,10,12H2,(H,22,25)(H,23,26)/t16?,19-,21-/m1/s1. The molecule has 0 aliphatic carbocycles. The van der Waals surface area contributed by atoms with Gasteiger partial charge < -0.3 is 20.1 Å². The number of β-lactam (4-membered cyclic amide) rings is 1. The lowest BCUT2D eigenvalue weighted by Crippen LogP contribution is -2.68. The van der Waals surface area contributed by atoms with E-state index in [1.165, 1.54) is 0 Å². The zero-order chi connectivity index (χ0) is 20.2. The molecule has 29 heavy (non-hydrogen) atoms.